The molecule has 0 heterocycles. The molecule has 0 spiro atoms. The Kier molecular flexibility index (Phi) is 7.63. The lowest BCUT2D eigenvalue weighted by atomic mass is 10.1. The molecule has 0 aromatic heterocycles. The zero-order valence-electron chi connectivity index (χ0n) is 16.9. The molecule has 0 aliphatic heterocycles. The zero-order chi connectivity index (χ0) is 22.7. The molecular formula is C20H23Cl2NO6S. The van der Waals surface area contributed by atoms with E-state index in [1.807, 2.05) is 0 Å². The predicted molar refractivity (Wildman–Crippen MR) is 115 cm³/mol. The van der Waals surface area contributed by atoms with Gasteiger partial charge in [-0.2, -0.15) is 8.42 Å². The third kappa shape index (κ3) is 6.77. The van der Waals surface area contributed by atoms with Gasteiger partial charge in [0, 0.05) is 7.05 Å². The number of hydrogen-bond acceptors (Lipinski definition) is 6. The lowest BCUT2D eigenvalue weighted by Gasteiger charge is -2.26. The molecule has 2 aromatic carbocycles. The first-order valence-electron chi connectivity index (χ1n) is 8.90. The van der Waals surface area contributed by atoms with Crippen LogP contribution in [0, 0.1) is 0 Å². The van der Waals surface area contributed by atoms with Gasteiger partial charge in [0.05, 0.1) is 22.7 Å². The number of nitrogens with zero attached hydrogens (tertiary/aromatic N) is 1. The molecule has 1 atom stereocenters. The monoisotopic (exact) mass is 475 g/mol. The van der Waals surface area contributed by atoms with Gasteiger partial charge >= 0.3 is 16.2 Å². The molecule has 1 amide bonds. The van der Waals surface area contributed by atoms with Crippen LogP contribution in [-0.2, 0) is 14.9 Å². The van der Waals surface area contributed by atoms with E-state index in [0.717, 1.165) is 0 Å². The van der Waals surface area contributed by atoms with E-state index < -0.39 is 27.9 Å². The highest BCUT2D eigenvalue weighted by molar-refractivity contribution is 7.87. The van der Waals surface area contributed by atoms with Crippen LogP contribution in [0.2, 0.25) is 10.0 Å². The summed E-state index contributed by atoms with van der Waals surface area (Å²) in [6, 6.07) is 9.67. The number of ether oxygens (including phenoxy) is 1. The summed E-state index contributed by atoms with van der Waals surface area (Å²) < 4.78 is 35.1. The fourth-order valence-electron chi connectivity index (χ4n) is 2.33. The second kappa shape index (κ2) is 9.43. The first-order chi connectivity index (χ1) is 13.8. The maximum Gasteiger partial charge on any atom is 0.410 e. The van der Waals surface area contributed by atoms with E-state index in [1.54, 1.807) is 20.8 Å². The largest absolute Gasteiger partial charge is 0.444 e. The van der Waals surface area contributed by atoms with E-state index in [-0.39, 0.29) is 27.2 Å². The van der Waals surface area contributed by atoms with Crippen molar-refractivity contribution in [3.8, 4) is 5.75 Å². The third-order valence-electron chi connectivity index (χ3n) is 3.80. The molecule has 0 fully saturated rings. The molecule has 1 unspecified atom stereocenters. The van der Waals surface area contributed by atoms with E-state index in [0.29, 0.717) is 5.56 Å². The number of benzene rings is 2. The summed E-state index contributed by atoms with van der Waals surface area (Å²) in [5.41, 5.74) is -0.167. The molecule has 0 bridgehead atoms. The Morgan fingerprint density at radius 3 is 2.23 bits per heavy atom. The molecular weight excluding hydrogens is 453 g/mol. The first kappa shape index (κ1) is 24.3. The summed E-state index contributed by atoms with van der Waals surface area (Å²) in [6.45, 7) is 5.25. The van der Waals surface area contributed by atoms with Gasteiger partial charge < -0.3 is 18.9 Å². The van der Waals surface area contributed by atoms with Gasteiger partial charge in [-0.05, 0) is 56.7 Å². The van der Waals surface area contributed by atoms with Gasteiger partial charge in [-0.15, -0.1) is 0 Å². The highest BCUT2D eigenvalue weighted by atomic mass is 35.5. The number of carbonyl (C=O) groups excluding carboxylic acids is 1. The van der Waals surface area contributed by atoms with Gasteiger partial charge in [0.1, 0.15) is 16.2 Å². The fraction of sp³-hybridized carbons (Fsp3) is 0.350. The quantitative estimate of drug-likeness (QED) is 0.610. The normalized spacial score (nSPS) is 12.9. The summed E-state index contributed by atoms with van der Waals surface area (Å²) >= 11 is 11.7. The molecule has 164 valence electrons. The van der Waals surface area contributed by atoms with E-state index >= 15 is 0 Å². The number of aliphatic hydroxyl groups excluding tert-OH is 1. The number of hydrogen-bond donors (Lipinski definition) is 1. The molecule has 0 saturated heterocycles. The minimum Gasteiger partial charge on any atom is -0.444 e. The second-order valence-electron chi connectivity index (χ2n) is 7.56. The number of aliphatic hydroxyl groups is 1. The number of halogens is 2. The molecule has 0 radical (unpaired) electrons. The van der Waals surface area contributed by atoms with Crippen LogP contribution < -0.4 is 4.18 Å². The van der Waals surface area contributed by atoms with Crippen LogP contribution in [0.1, 0.15) is 32.4 Å². The Morgan fingerprint density at radius 2 is 1.70 bits per heavy atom. The maximum atomic E-state index is 12.4. The molecule has 7 nitrogen and oxygen atoms in total. The van der Waals surface area contributed by atoms with Gasteiger partial charge in [-0.1, -0.05) is 35.3 Å². The number of rotatable bonds is 6. The first-order valence-corrected chi connectivity index (χ1v) is 11.1. The molecule has 0 aliphatic rings. The number of carbonyl (C=O) groups is 1. The topological polar surface area (TPSA) is 93.1 Å². The van der Waals surface area contributed by atoms with Crippen molar-refractivity contribution in [2.45, 2.75) is 37.4 Å². The Morgan fingerprint density at radius 1 is 1.10 bits per heavy atom. The van der Waals surface area contributed by atoms with Crippen LogP contribution in [0.25, 0.3) is 0 Å². The molecule has 30 heavy (non-hydrogen) atoms. The minimum absolute atomic E-state index is 0.00328. The summed E-state index contributed by atoms with van der Waals surface area (Å²) in [7, 11) is -2.60. The van der Waals surface area contributed by atoms with Gasteiger partial charge in [-0.3, -0.25) is 0 Å². The lowest BCUT2D eigenvalue weighted by Crippen LogP contribution is -2.36. The molecule has 0 saturated carbocycles. The molecule has 10 heteroatoms. The van der Waals surface area contributed by atoms with Crippen LogP contribution in [0.4, 0.5) is 4.79 Å². The number of amides is 1. The van der Waals surface area contributed by atoms with Crippen molar-refractivity contribution in [2.24, 2.45) is 0 Å². The van der Waals surface area contributed by atoms with Gasteiger partial charge in [0.25, 0.3) is 0 Å². The maximum absolute atomic E-state index is 12.4. The summed E-state index contributed by atoms with van der Waals surface area (Å²) in [5.74, 6) is 0.0533. The van der Waals surface area contributed by atoms with Crippen LogP contribution in [-0.4, -0.2) is 43.7 Å². The third-order valence-corrected chi connectivity index (χ3v) is 5.78. The van der Waals surface area contributed by atoms with E-state index in [4.69, 9.17) is 32.1 Å². The lowest BCUT2D eigenvalue weighted by molar-refractivity contribution is 0.0205. The predicted octanol–water partition coefficient (Wildman–Crippen LogP) is 4.66. The molecule has 1 N–H and O–H groups in total. The van der Waals surface area contributed by atoms with Gasteiger partial charge in [0.15, 0.2) is 0 Å². The van der Waals surface area contributed by atoms with E-state index in [2.05, 4.69) is 0 Å². The minimum atomic E-state index is -4.11. The average Bonchev–Trinajstić information content (AvgIpc) is 2.62. The Bertz CT molecular complexity index is 1000. The summed E-state index contributed by atoms with van der Waals surface area (Å²) in [5, 5.41) is 10.7. The van der Waals surface area contributed by atoms with Crippen LogP contribution in [0.15, 0.2) is 47.4 Å². The highest BCUT2D eigenvalue weighted by Crippen LogP contribution is 2.27. The second-order valence-corrected chi connectivity index (χ2v) is 9.92. The van der Waals surface area contributed by atoms with Crippen molar-refractivity contribution in [1.82, 2.24) is 4.90 Å². The smallest absolute Gasteiger partial charge is 0.410 e. The van der Waals surface area contributed by atoms with Crippen LogP contribution >= 0.6 is 23.2 Å². The SMILES string of the molecule is CN(CC(O)c1ccc(OS(=O)(=O)c2ccc(Cl)c(Cl)c2)cc1)C(=O)OC(C)(C)C. The van der Waals surface area contributed by atoms with E-state index in [9.17, 15) is 18.3 Å². The molecule has 2 aromatic rings. The Balaban J connectivity index is 2.05. The molecule has 2 rings (SSSR count). The van der Waals surface area contributed by atoms with Crippen molar-refractivity contribution in [1.29, 1.82) is 0 Å². The van der Waals surface area contributed by atoms with Gasteiger partial charge in [0.2, 0.25) is 0 Å². The van der Waals surface area contributed by atoms with Crippen molar-refractivity contribution in [3.05, 3.63) is 58.1 Å². The van der Waals surface area contributed by atoms with Crippen LogP contribution in [0.5, 0.6) is 5.75 Å². The zero-order valence-corrected chi connectivity index (χ0v) is 19.3. The van der Waals surface area contributed by atoms with E-state index in [1.165, 1.54) is 54.4 Å². The van der Waals surface area contributed by atoms with Crippen molar-refractivity contribution in [2.75, 3.05) is 13.6 Å². The fourth-order valence-corrected chi connectivity index (χ4v) is 3.65. The standard InChI is InChI=1S/C20H23Cl2NO6S/c1-20(2,3)28-19(25)23(4)12-18(24)13-5-7-14(8-6-13)29-30(26,27)15-9-10-16(21)17(22)11-15/h5-11,18,24H,12H2,1-4H3. The number of likely N-dealkylation sites (N-methyl/N-ethyl adjacent to an activating group) is 1. The van der Waals surface area contributed by atoms with Crippen molar-refractivity contribution >= 4 is 39.4 Å². The van der Waals surface area contributed by atoms with Gasteiger partial charge in [-0.25, -0.2) is 4.79 Å². The van der Waals surface area contributed by atoms with Crippen LogP contribution in [0.3, 0.4) is 0 Å². The van der Waals surface area contributed by atoms with Crippen molar-refractivity contribution in [3.63, 3.8) is 0 Å². The Hall–Kier alpha value is -2.00. The summed E-state index contributed by atoms with van der Waals surface area (Å²) in [6.07, 6.45) is -1.56. The Labute approximate surface area is 186 Å². The van der Waals surface area contributed by atoms with Crippen molar-refractivity contribution < 1.29 is 27.2 Å². The highest BCUT2D eigenvalue weighted by Gasteiger charge is 2.22. The molecule has 0 aliphatic carbocycles. The average molecular weight is 476 g/mol. The summed E-state index contributed by atoms with van der Waals surface area (Å²) in [4.78, 5) is 13.1.